The summed E-state index contributed by atoms with van der Waals surface area (Å²) in [6.45, 7) is 0.752. The topological polar surface area (TPSA) is 100 Å². The van der Waals surface area contributed by atoms with Crippen molar-refractivity contribution in [3.63, 3.8) is 0 Å². The first kappa shape index (κ1) is 21.5. The number of hydrogen-bond donors (Lipinski definition) is 3. The predicted molar refractivity (Wildman–Crippen MR) is 125 cm³/mol. The molecule has 7 nitrogen and oxygen atoms in total. The summed E-state index contributed by atoms with van der Waals surface area (Å²) in [5.74, 6) is 1.01. The molecule has 3 fully saturated rings. The number of nitrogens with two attached hydrogens (primary N) is 1. The number of amides is 2. The molecule has 0 unspecified atom stereocenters. The molecule has 1 aromatic heterocycles. The Hall–Kier alpha value is -3.00. The van der Waals surface area contributed by atoms with E-state index in [1.807, 2.05) is 23.1 Å². The number of piperidine rings is 1. The maximum Gasteiger partial charge on any atom is 0.243 e. The van der Waals surface area contributed by atoms with Gasteiger partial charge in [0.15, 0.2) is 0 Å². The molecule has 6 rings (SSSR count). The number of anilines is 1. The van der Waals surface area contributed by atoms with Crippen molar-refractivity contribution in [2.45, 2.75) is 62.7 Å². The molecule has 0 bridgehead atoms. The second-order valence-electron chi connectivity index (χ2n) is 10.3. The number of likely N-dealkylation sites (tertiary alicyclic amines) is 1. The number of rotatable bonds is 5. The number of aromatic nitrogens is 1. The summed E-state index contributed by atoms with van der Waals surface area (Å²) in [5.41, 5.74) is 8.87. The Morgan fingerprint density at radius 1 is 1.15 bits per heavy atom. The van der Waals surface area contributed by atoms with E-state index >= 15 is 0 Å². The molecule has 2 aliphatic heterocycles. The molecule has 6 atom stereocenters. The molecule has 34 heavy (non-hydrogen) atoms. The van der Waals surface area contributed by atoms with E-state index in [4.69, 9.17) is 5.73 Å². The van der Waals surface area contributed by atoms with Crippen molar-refractivity contribution in [2.24, 2.45) is 11.8 Å². The van der Waals surface area contributed by atoms with Gasteiger partial charge in [0, 0.05) is 11.7 Å². The highest BCUT2D eigenvalue weighted by atomic mass is 19.1. The van der Waals surface area contributed by atoms with Crippen LogP contribution in [0.2, 0.25) is 0 Å². The lowest BCUT2D eigenvalue weighted by atomic mass is 9.96. The first-order valence-corrected chi connectivity index (χ1v) is 12.3. The Labute approximate surface area is 198 Å². The molecule has 1 aromatic carbocycles. The largest absolute Gasteiger partial charge is 0.384 e. The molecule has 178 valence electrons. The van der Waals surface area contributed by atoms with Crippen LogP contribution in [0, 0.1) is 17.7 Å². The average Bonchev–Trinajstić information content (AvgIpc) is 3.15. The van der Waals surface area contributed by atoms with Gasteiger partial charge in [0.25, 0.3) is 0 Å². The molecule has 2 saturated heterocycles. The number of nitrogens with zero attached hydrogens (tertiary/aromatic N) is 2. The van der Waals surface area contributed by atoms with Crippen LogP contribution >= 0.6 is 0 Å². The van der Waals surface area contributed by atoms with Gasteiger partial charge in [0.05, 0.1) is 12.1 Å². The van der Waals surface area contributed by atoms with E-state index in [0.29, 0.717) is 17.7 Å². The number of benzene rings is 1. The minimum Gasteiger partial charge on any atom is -0.384 e. The minimum absolute atomic E-state index is 0.0491. The third-order valence-electron chi connectivity index (χ3n) is 8.01. The monoisotopic (exact) mass is 463 g/mol. The van der Waals surface area contributed by atoms with Gasteiger partial charge in [-0.3, -0.25) is 9.59 Å². The molecule has 2 aliphatic carbocycles. The standard InChI is InChI=1S/C26H30FN5O2/c27-17-3-1-14(2-4-17)9-15-10-21(29-13-15)26(34)32-22-11-16(22)12-23(32)25(33)31-20-7-6-19-18(20)5-8-24(28)30-19/h1-5,8,15-16,20-23,29H,6-7,9-13H2,(H2,28,30)(H,31,33)/t15-,16+,20+,21+,22+,23-/m0/s1. The predicted octanol–water partition coefficient (Wildman–Crippen LogP) is 2.12. The van der Waals surface area contributed by atoms with Gasteiger partial charge in [-0.25, -0.2) is 9.37 Å². The number of fused-ring (bicyclic) bond motifs is 2. The molecule has 8 heteroatoms. The first-order chi connectivity index (χ1) is 16.5. The summed E-state index contributed by atoms with van der Waals surface area (Å²) in [5, 5.41) is 6.58. The maximum absolute atomic E-state index is 13.5. The Morgan fingerprint density at radius 3 is 2.79 bits per heavy atom. The zero-order chi connectivity index (χ0) is 23.4. The van der Waals surface area contributed by atoms with Gasteiger partial charge in [0.2, 0.25) is 11.8 Å². The SMILES string of the molecule is Nc1ccc2c(n1)CC[C@H]2NC(=O)[C@@H]1C[C@H]2C[C@H]2N1C(=O)[C@H]1C[C@H](Cc2ccc(F)cc2)CN1. The zero-order valence-electron chi connectivity index (χ0n) is 19.0. The van der Waals surface area contributed by atoms with Crippen molar-refractivity contribution in [2.75, 3.05) is 12.3 Å². The Kier molecular flexibility index (Phi) is 5.28. The maximum atomic E-state index is 13.5. The molecule has 3 heterocycles. The number of carbonyl (C=O) groups is 2. The third kappa shape index (κ3) is 3.94. The lowest BCUT2D eigenvalue weighted by molar-refractivity contribution is -0.141. The van der Waals surface area contributed by atoms with Gasteiger partial charge in [-0.05, 0) is 86.2 Å². The lowest BCUT2D eigenvalue weighted by Crippen LogP contribution is -2.53. The Balaban J connectivity index is 1.10. The fourth-order valence-electron chi connectivity index (χ4n) is 6.19. The smallest absolute Gasteiger partial charge is 0.243 e. The van der Waals surface area contributed by atoms with E-state index in [9.17, 15) is 14.0 Å². The van der Waals surface area contributed by atoms with Gasteiger partial charge in [0.1, 0.15) is 17.7 Å². The minimum atomic E-state index is -0.403. The normalized spacial score (nSPS) is 31.3. The number of pyridine rings is 1. The van der Waals surface area contributed by atoms with E-state index in [-0.39, 0.29) is 35.8 Å². The molecular weight excluding hydrogens is 433 g/mol. The number of halogens is 1. The van der Waals surface area contributed by atoms with Crippen molar-refractivity contribution < 1.29 is 14.0 Å². The van der Waals surface area contributed by atoms with Gasteiger partial charge < -0.3 is 21.3 Å². The molecule has 2 amide bonds. The fraction of sp³-hybridized carbons (Fsp3) is 0.500. The quantitative estimate of drug-likeness (QED) is 0.631. The molecular formula is C26H30FN5O2. The summed E-state index contributed by atoms with van der Waals surface area (Å²) < 4.78 is 13.2. The second-order valence-corrected chi connectivity index (χ2v) is 10.3. The highest BCUT2D eigenvalue weighted by Gasteiger charge is 2.57. The van der Waals surface area contributed by atoms with Crippen LogP contribution in [0.5, 0.6) is 0 Å². The van der Waals surface area contributed by atoms with Gasteiger partial charge >= 0.3 is 0 Å². The zero-order valence-corrected chi connectivity index (χ0v) is 19.0. The van der Waals surface area contributed by atoms with Crippen LogP contribution in [0.4, 0.5) is 10.2 Å². The summed E-state index contributed by atoms with van der Waals surface area (Å²) in [6, 6.07) is 9.76. The number of nitrogen functional groups attached to an aromatic ring is 1. The fourth-order valence-corrected chi connectivity index (χ4v) is 6.19. The number of carbonyl (C=O) groups excluding carboxylic acids is 2. The number of aryl methyl sites for hydroxylation is 1. The first-order valence-electron chi connectivity index (χ1n) is 12.3. The molecule has 0 radical (unpaired) electrons. The second kappa shape index (κ2) is 8.34. The molecule has 1 saturated carbocycles. The van der Waals surface area contributed by atoms with Crippen LogP contribution in [-0.2, 0) is 22.4 Å². The number of hydrogen-bond acceptors (Lipinski definition) is 5. The highest BCUT2D eigenvalue weighted by Crippen LogP contribution is 2.48. The van der Waals surface area contributed by atoms with Crippen LogP contribution in [0.3, 0.4) is 0 Å². The average molecular weight is 464 g/mol. The van der Waals surface area contributed by atoms with Crippen LogP contribution < -0.4 is 16.4 Å². The van der Waals surface area contributed by atoms with E-state index in [0.717, 1.165) is 61.9 Å². The van der Waals surface area contributed by atoms with E-state index in [2.05, 4.69) is 15.6 Å². The molecule has 4 N–H and O–H groups in total. The summed E-state index contributed by atoms with van der Waals surface area (Å²) in [4.78, 5) is 33.1. The van der Waals surface area contributed by atoms with Crippen LogP contribution in [-0.4, -0.2) is 46.4 Å². The van der Waals surface area contributed by atoms with Crippen molar-refractivity contribution in [3.8, 4) is 0 Å². The van der Waals surface area contributed by atoms with Crippen LogP contribution in [0.25, 0.3) is 0 Å². The van der Waals surface area contributed by atoms with Crippen molar-refractivity contribution in [1.29, 1.82) is 0 Å². The molecule has 2 aromatic rings. The summed E-state index contributed by atoms with van der Waals surface area (Å²) in [7, 11) is 0. The highest BCUT2D eigenvalue weighted by molar-refractivity contribution is 5.91. The third-order valence-corrected chi connectivity index (χ3v) is 8.01. The van der Waals surface area contributed by atoms with Crippen molar-refractivity contribution in [1.82, 2.24) is 20.5 Å². The molecule has 0 spiro atoms. The lowest BCUT2D eigenvalue weighted by Gasteiger charge is -2.30. The van der Waals surface area contributed by atoms with E-state index in [1.165, 1.54) is 12.1 Å². The summed E-state index contributed by atoms with van der Waals surface area (Å²) in [6.07, 6.45) is 4.89. The van der Waals surface area contributed by atoms with E-state index < -0.39 is 6.04 Å². The van der Waals surface area contributed by atoms with Crippen molar-refractivity contribution in [3.05, 3.63) is 59.0 Å². The van der Waals surface area contributed by atoms with Crippen LogP contribution in [0.1, 0.15) is 48.5 Å². The Morgan fingerprint density at radius 2 is 1.97 bits per heavy atom. The van der Waals surface area contributed by atoms with Crippen molar-refractivity contribution >= 4 is 17.6 Å². The van der Waals surface area contributed by atoms with Gasteiger partial charge in [-0.2, -0.15) is 0 Å². The summed E-state index contributed by atoms with van der Waals surface area (Å²) >= 11 is 0. The van der Waals surface area contributed by atoms with Gasteiger partial charge in [-0.1, -0.05) is 18.2 Å². The number of nitrogens with one attached hydrogen (secondary N) is 2. The van der Waals surface area contributed by atoms with Crippen LogP contribution in [0.15, 0.2) is 36.4 Å². The van der Waals surface area contributed by atoms with E-state index in [1.54, 1.807) is 6.07 Å². The van der Waals surface area contributed by atoms with Gasteiger partial charge in [-0.15, -0.1) is 0 Å². The molecule has 4 aliphatic rings. The Bertz CT molecular complexity index is 1120.